The van der Waals surface area contributed by atoms with Crippen LogP contribution in [0, 0.1) is 5.82 Å². The number of ketones is 1. The molecule has 2 N–H and O–H groups in total. The molecule has 0 aromatic heterocycles. The normalized spacial score (nSPS) is 10.1. The Bertz CT molecular complexity index is 377. The Labute approximate surface area is 88.0 Å². The Morgan fingerprint density at radius 1 is 1.53 bits per heavy atom. The lowest BCUT2D eigenvalue weighted by atomic mass is 10.0. The van der Waals surface area contributed by atoms with E-state index in [9.17, 15) is 9.18 Å². The summed E-state index contributed by atoms with van der Waals surface area (Å²) in [6.45, 7) is 1.64. The second kappa shape index (κ2) is 4.89. The molecule has 0 aliphatic carbocycles. The van der Waals surface area contributed by atoms with E-state index in [1.807, 2.05) is 0 Å². The summed E-state index contributed by atoms with van der Waals surface area (Å²) in [5.74, 6) is -0.385. The van der Waals surface area contributed by atoms with Crippen molar-refractivity contribution in [2.45, 2.75) is 13.3 Å². The number of hydrogen-bond acceptors (Lipinski definition) is 3. The smallest absolute Gasteiger partial charge is 0.162 e. The Kier molecular flexibility index (Phi) is 3.80. The topological polar surface area (TPSA) is 52.3 Å². The zero-order chi connectivity index (χ0) is 11.4. The molecule has 0 bridgehead atoms. The minimum atomic E-state index is -0.521. The molecule has 0 heterocycles. The van der Waals surface area contributed by atoms with E-state index in [0.717, 1.165) is 0 Å². The van der Waals surface area contributed by atoms with Crippen LogP contribution in [0.2, 0.25) is 0 Å². The standard InChI is InChI=1S/C11H14FNO2/c1-7(14)8-3-4-10(15-2)9(5-6-13)11(8)12/h3-4H,5-6,13H2,1-2H3. The number of carbonyl (C=O) groups excluding carboxylic acids is 1. The second-order valence-electron chi connectivity index (χ2n) is 3.20. The zero-order valence-electron chi connectivity index (χ0n) is 8.84. The van der Waals surface area contributed by atoms with Crippen LogP contribution < -0.4 is 10.5 Å². The maximum Gasteiger partial charge on any atom is 0.162 e. The first kappa shape index (κ1) is 11.7. The molecule has 0 aliphatic heterocycles. The zero-order valence-corrected chi connectivity index (χ0v) is 8.84. The summed E-state index contributed by atoms with van der Waals surface area (Å²) in [5.41, 5.74) is 5.82. The van der Waals surface area contributed by atoms with Gasteiger partial charge in [-0.25, -0.2) is 4.39 Å². The quantitative estimate of drug-likeness (QED) is 0.768. The molecule has 82 valence electrons. The summed E-state index contributed by atoms with van der Waals surface area (Å²) in [6.07, 6.45) is 0.357. The number of benzene rings is 1. The van der Waals surface area contributed by atoms with Gasteiger partial charge in [-0.2, -0.15) is 0 Å². The Morgan fingerprint density at radius 2 is 2.20 bits per heavy atom. The van der Waals surface area contributed by atoms with Gasteiger partial charge >= 0.3 is 0 Å². The third kappa shape index (κ3) is 2.33. The van der Waals surface area contributed by atoms with Crippen LogP contribution in [0.4, 0.5) is 4.39 Å². The van der Waals surface area contributed by atoms with Crippen molar-refractivity contribution in [3.8, 4) is 5.75 Å². The lowest BCUT2D eigenvalue weighted by Gasteiger charge is -2.10. The fourth-order valence-corrected chi connectivity index (χ4v) is 1.44. The average molecular weight is 211 g/mol. The minimum Gasteiger partial charge on any atom is -0.496 e. The monoisotopic (exact) mass is 211 g/mol. The van der Waals surface area contributed by atoms with Gasteiger partial charge in [-0.1, -0.05) is 0 Å². The van der Waals surface area contributed by atoms with Crippen molar-refractivity contribution in [3.05, 3.63) is 29.1 Å². The SMILES string of the molecule is COc1ccc(C(C)=O)c(F)c1CCN. The van der Waals surface area contributed by atoms with Crippen molar-refractivity contribution in [1.29, 1.82) is 0 Å². The van der Waals surface area contributed by atoms with Crippen LogP contribution in [0.5, 0.6) is 5.75 Å². The molecule has 3 nitrogen and oxygen atoms in total. The highest BCUT2D eigenvalue weighted by Crippen LogP contribution is 2.24. The fraction of sp³-hybridized carbons (Fsp3) is 0.364. The van der Waals surface area contributed by atoms with Gasteiger partial charge in [0.25, 0.3) is 0 Å². The van der Waals surface area contributed by atoms with E-state index in [2.05, 4.69) is 0 Å². The van der Waals surface area contributed by atoms with Crippen molar-refractivity contribution in [1.82, 2.24) is 0 Å². The molecule has 0 atom stereocenters. The molecular formula is C11H14FNO2. The summed E-state index contributed by atoms with van der Waals surface area (Å²) >= 11 is 0. The molecule has 0 saturated carbocycles. The van der Waals surface area contributed by atoms with Crippen LogP contribution in [0.3, 0.4) is 0 Å². The van der Waals surface area contributed by atoms with Gasteiger partial charge in [-0.15, -0.1) is 0 Å². The van der Waals surface area contributed by atoms with Gasteiger partial charge in [0.2, 0.25) is 0 Å². The predicted molar refractivity (Wildman–Crippen MR) is 55.7 cm³/mol. The van der Waals surface area contributed by atoms with Gasteiger partial charge in [0, 0.05) is 5.56 Å². The van der Waals surface area contributed by atoms with Gasteiger partial charge in [0.05, 0.1) is 12.7 Å². The van der Waals surface area contributed by atoms with E-state index >= 15 is 0 Å². The second-order valence-corrected chi connectivity index (χ2v) is 3.20. The van der Waals surface area contributed by atoms with Crippen molar-refractivity contribution in [2.24, 2.45) is 5.73 Å². The number of hydrogen-bond donors (Lipinski definition) is 1. The molecule has 0 saturated heterocycles. The number of halogens is 1. The van der Waals surface area contributed by atoms with Crippen LogP contribution in [-0.2, 0) is 6.42 Å². The maximum atomic E-state index is 13.8. The fourth-order valence-electron chi connectivity index (χ4n) is 1.44. The molecular weight excluding hydrogens is 197 g/mol. The molecule has 0 aliphatic rings. The van der Waals surface area contributed by atoms with E-state index in [-0.39, 0.29) is 11.3 Å². The van der Waals surface area contributed by atoms with E-state index in [0.29, 0.717) is 24.3 Å². The molecule has 0 radical (unpaired) electrons. The van der Waals surface area contributed by atoms with Crippen LogP contribution >= 0.6 is 0 Å². The van der Waals surface area contributed by atoms with E-state index in [1.165, 1.54) is 20.1 Å². The number of nitrogens with two attached hydrogens (primary N) is 1. The first-order chi connectivity index (χ1) is 7.11. The van der Waals surface area contributed by atoms with Gasteiger partial charge in [-0.05, 0) is 32.0 Å². The minimum absolute atomic E-state index is 0.0826. The van der Waals surface area contributed by atoms with Crippen LogP contribution in [0.25, 0.3) is 0 Å². The van der Waals surface area contributed by atoms with Crippen molar-refractivity contribution in [3.63, 3.8) is 0 Å². The highest BCUT2D eigenvalue weighted by molar-refractivity contribution is 5.94. The van der Waals surface area contributed by atoms with Gasteiger partial charge in [0.1, 0.15) is 11.6 Å². The van der Waals surface area contributed by atoms with Crippen LogP contribution in [-0.4, -0.2) is 19.4 Å². The molecule has 0 fully saturated rings. The Balaban J connectivity index is 3.28. The van der Waals surface area contributed by atoms with Crippen molar-refractivity contribution >= 4 is 5.78 Å². The molecule has 1 rings (SSSR count). The van der Waals surface area contributed by atoms with Crippen molar-refractivity contribution < 1.29 is 13.9 Å². The Hall–Kier alpha value is -1.42. The molecule has 0 amide bonds. The first-order valence-electron chi connectivity index (χ1n) is 4.68. The van der Waals surface area contributed by atoms with E-state index in [4.69, 9.17) is 10.5 Å². The summed E-state index contributed by atoms with van der Waals surface area (Å²) in [4.78, 5) is 11.1. The lowest BCUT2D eigenvalue weighted by Crippen LogP contribution is -2.09. The molecule has 0 spiro atoms. The summed E-state index contributed by atoms with van der Waals surface area (Å²) in [6, 6.07) is 3.02. The third-order valence-corrected chi connectivity index (χ3v) is 2.19. The average Bonchev–Trinajstić information content (AvgIpc) is 2.20. The lowest BCUT2D eigenvalue weighted by molar-refractivity contribution is 0.101. The number of Topliss-reactive ketones (excluding diaryl/α,β-unsaturated/α-hetero) is 1. The van der Waals surface area contributed by atoms with Gasteiger partial charge in [-0.3, -0.25) is 4.79 Å². The summed E-state index contributed by atoms with van der Waals surface area (Å²) in [7, 11) is 1.46. The number of carbonyl (C=O) groups is 1. The van der Waals surface area contributed by atoms with Crippen LogP contribution in [0.15, 0.2) is 12.1 Å². The van der Waals surface area contributed by atoms with Crippen molar-refractivity contribution in [2.75, 3.05) is 13.7 Å². The molecule has 1 aromatic rings. The highest BCUT2D eigenvalue weighted by Gasteiger charge is 2.15. The number of ether oxygens (including phenoxy) is 1. The largest absolute Gasteiger partial charge is 0.496 e. The third-order valence-electron chi connectivity index (χ3n) is 2.19. The highest BCUT2D eigenvalue weighted by atomic mass is 19.1. The molecule has 4 heteroatoms. The molecule has 0 unspecified atom stereocenters. The van der Waals surface area contributed by atoms with Gasteiger partial charge in [0.15, 0.2) is 5.78 Å². The first-order valence-corrected chi connectivity index (χ1v) is 4.68. The number of rotatable bonds is 4. The molecule has 1 aromatic carbocycles. The van der Waals surface area contributed by atoms with E-state index in [1.54, 1.807) is 6.07 Å². The van der Waals surface area contributed by atoms with E-state index < -0.39 is 5.82 Å². The number of methoxy groups -OCH3 is 1. The maximum absolute atomic E-state index is 13.8. The summed E-state index contributed by atoms with van der Waals surface area (Å²) < 4.78 is 18.8. The Morgan fingerprint density at radius 3 is 2.67 bits per heavy atom. The summed E-state index contributed by atoms with van der Waals surface area (Å²) in [5, 5.41) is 0. The van der Waals surface area contributed by atoms with Gasteiger partial charge < -0.3 is 10.5 Å². The van der Waals surface area contributed by atoms with Crippen LogP contribution in [0.1, 0.15) is 22.8 Å². The molecule has 15 heavy (non-hydrogen) atoms. The predicted octanol–water partition coefficient (Wildman–Crippen LogP) is 1.54.